The van der Waals surface area contributed by atoms with E-state index >= 15 is 0 Å². The number of hydrogen-bond donors (Lipinski definition) is 2. The van der Waals surface area contributed by atoms with Crippen LogP contribution in [0.2, 0.25) is 0 Å². The maximum Gasteiger partial charge on any atom is 0.272 e. The molecule has 1 fully saturated rings. The largest absolute Gasteiger partial charge is 0.348 e. The van der Waals surface area contributed by atoms with Crippen molar-refractivity contribution in [2.24, 2.45) is 0 Å². The molecule has 0 radical (unpaired) electrons. The number of likely N-dealkylation sites (tertiary alicyclic amines) is 1. The van der Waals surface area contributed by atoms with Crippen molar-refractivity contribution in [1.82, 2.24) is 25.4 Å². The topological polar surface area (TPSA) is 73.9 Å². The Labute approximate surface area is 167 Å². The number of aromatic amines is 1. The highest BCUT2D eigenvalue weighted by molar-refractivity contribution is 6.05. The Morgan fingerprint density at radius 2 is 2.10 bits per heavy atom. The average Bonchev–Trinajstić information content (AvgIpc) is 3.23. The number of alkyl halides is 2. The summed E-state index contributed by atoms with van der Waals surface area (Å²) in [5.41, 5.74) is 3.75. The molecule has 2 aromatic heterocycles. The zero-order chi connectivity index (χ0) is 20.6. The molecule has 1 saturated heterocycles. The number of nitrogens with zero attached hydrogens (tertiary/aromatic N) is 3. The van der Waals surface area contributed by atoms with Gasteiger partial charge in [-0.2, -0.15) is 5.10 Å². The van der Waals surface area contributed by atoms with E-state index in [-0.39, 0.29) is 24.9 Å². The predicted molar refractivity (Wildman–Crippen MR) is 107 cm³/mol. The molecule has 0 unspecified atom stereocenters. The van der Waals surface area contributed by atoms with Gasteiger partial charge in [0, 0.05) is 48.9 Å². The van der Waals surface area contributed by atoms with E-state index in [2.05, 4.69) is 20.5 Å². The molecule has 1 amide bonds. The third-order valence-corrected chi connectivity index (χ3v) is 4.98. The Kier molecular flexibility index (Phi) is 5.04. The third-order valence-electron chi connectivity index (χ3n) is 4.98. The number of aromatic nitrogens is 3. The van der Waals surface area contributed by atoms with E-state index in [4.69, 9.17) is 0 Å². The molecule has 1 aliphatic rings. The third kappa shape index (κ3) is 4.27. The van der Waals surface area contributed by atoms with Crippen molar-refractivity contribution < 1.29 is 13.6 Å². The number of rotatable bonds is 5. The first-order valence-corrected chi connectivity index (χ1v) is 9.64. The van der Waals surface area contributed by atoms with E-state index in [9.17, 15) is 13.6 Å². The fourth-order valence-corrected chi connectivity index (χ4v) is 3.63. The zero-order valence-corrected chi connectivity index (χ0v) is 16.4. The second-order valence-corrected chi connectivity index (χ2v) is 7.86. The summed E-state index contributed by atoms with van der Waals surface area (Å²) in [5, 5.41) is 10.6. The van der Waals surface area contributed by atoms with Crippen LogP contribution in [0.3, 0.4) is 0 Å². The summed E-state index contributed by atoms with van der Waals surface area (Å²) in [7, 11) is 0. The lowest BCUT2D eigenvalue weighted by atomic mass is 10.0. The Morgan fingerprint density at radius 1 is 1.28 bits per heavy atom. The number of fused-ring (bicyclic) bond motifs is 1. The van der Waals surface area contributed by atoms with E-state index in [1.165, 1.54) is 0 Å². The minimum absolute atomic E-state index is 0.0104. The molecule has 0 aliphatic carbocycles. The van der Waals surface area contributed by atoms with Crippen LogP contribution in [0.5, 0.6) is 0 Å². The standard InChI is InChI=1S/C21H23F2N5O/c1-13(2)25-20(29)19-17-8-15(3-4-18(17)26-27-19)16-7-14(9-24-10-16)11-28-6-5-21(22,23)12-28/h3-4,7-10,13H,5-6,11-12H2,1-2H3,(H,25,29)(H,26,27). The molecular formula is C21H23F2N5O. The number of amides is 1. The number of pyridine rings is 1. The lowest BCUT2D eigenvalue weighted by Crippen LogP contribution is -2.30. The van der Waals surface area contributed by atoms with Gasteiger partial charge in [0.05, 0.1) is 12.1 Å². The summed E-state index contributed by atoms with van der Waals surface area (Å²) in [5.74, 6) is -2.84. The van der Waals surface area contributed by atoms with E-state index < -0.39 is 5.92 Å². The summed E-state index contributed by atoms with van der Waals surface area (Å²) < 4.78 is 26.9. The van der Waals surface area contributed by atoms with Crippen LogP contribution in [-0.4, -0.2) is 51.0 Å². The second kappa shape index (κ2) is 7.51. The highest BCUT2D eigenvalue weighted by atomic mass is 19.3. The monoisotopic (exact) mass is 399 g/mol. The number of carbonyl (C=O) groups is 1. The van der Waals surface area contributed by atoms with Crippen molar-refractivity contribution in [3.05, 3.63) is 47.9 Å². The van der Waals surface area contributed by atoms with Crippen LogP contribution in [0.15, 0.2) is 36.7 Å². The highest BCUT2D eigenvalue weighted by Crippen LogP contribution is 2.29. The average molecular weight is 399 g/mol. The first-order chi connectivity index (χ1) is 13.8. The molecule has 8 heteroatoms. The van der Waals surface area contributed by atoms with Crippen molar-refractivity contribution >= 4 is 16.8 Å². The summed E-state index contributed by atoms with van der Waals surface area (Å²) in [6.45, 7) is 4.39. The van der Waals surface area contributed by atoms with Crippen molar-refractivity contribution in [2.45, 2.75) is 38.8 Å². The Bertz CT molecular complexity index is 1050. The number of halogens is 2. The second-order valence-electron chi connectivity index (χ2n) is 7.86. The smallest absolute Gasteiger partial charge is 0.272 e. The van der Waals surface area contributed by atoms with Crippen LogP contribution in [0, 0.1) is 0 Å². The van der Waals surface area contributed by atoms with Crippen LogP contribution in [0.4, 0.5) is 8.78 Å². The minimum Gasteiger partial charge on any atom is -0.348 e. The number of nitrogens with one attached hydrogen (secondary N) is 2. The summed E-state index contributed by atoms with van der Waals surface area (Å²) in [6, 6.07) is 7.67. The van der Waals surface area contributed by atoms with E-state index in [0.29, 0.717) is 18.8 Å². The number of H-pyrrole nitrogens is 1. The first kappa shape index (κ1) is 19.4. The van der Waals surface area contributed by atoms with Crippen molar-refractivity contribution in [3.8, 4) is 11.1 Å². The molecule has 4 rings (SSSR count). The summed E-state index contributed by atoms with van der Waals surface area (Å²) in [6.07, 6.45) is 3.34. The number of carbonyl (C=O) groups excluding carboxylic acids is 1. The van der Waals surface area contributed by atoms with Gasteiger partial charge in [0.2, 0.25) is 0 Å². The zero-order valence-electron chi connectivity index (χ0n) is 16.4. The quantitative estimate of drug-likeness (QED) is 0.688. The van der Waals surface area contributed by atoms with Gasteiger partial charge in [-0.25, -0.2) is 8.78 Å². The Hall–Kier alpha value is -2.87. The first-order valence-electron chi connectivity index (χ1n) is 9.64. The molecule has 29 heavy (non-hydrogen) atoms. The van der Waals surface area contributed by atoms with Gasteiger partial charge < -0.3 is 5.32 Å². The SMILES string of the molecule is CC(C)NC(=O)c1n[nH]c2ccc(-c3cncc(CN4CCC(F)(F)C4)c3)cc12. The van der Waals surface area contributed by atoms with Crippen molar-refractivity contribution in [2.75, 3.05) is 13.1 Å². The van der Waals surface area contributed by atoms with Gasteiger partial charge in [-0.1, -0.05) is 6.07 Å². The van der Waals surface area contributed by atoms with Gasteiger partial charge in [0.1, 0.15) is 0 Å². The van der Waals surface area contributed by atoms with Gasteiger partial charge in [0.15, 0.2) is 5.69 Å². The maximum atomic E-state index is 13.4. The molecule has 6 nitrogen and oxygen atoms in total. The highest BCUT2D eigenvalue weighted by Gasteiger charge is 2.37. The molecular weight excluding hydrogens is 376 g/mol. The molecule has 0 bridgehead atoms. The van der Waals surface area contributed by atoms with Gasteiger partial charge in [-0.15, -0.1) is 0 Å². The van der Waals surface area contributed by atoms with Crippen molar-refractivity contribution in [1.29, 1.82) is 0 Å². The van der Waals surface area contributed by atoms with Gasteiger partial charge >= 0.3 is 0 Å². The van der Waals surface area contributed by atoms with Gasteiger partial charge in [0.25, 0.3) is 11.8 Å². The van der Waals surface area contributed by atoms with E-state index in [0.717, 1.165) is 27.6 Å². The number of benzene rings is 1. The number of hydrogen-bond acceptors (Lipinski definition) is 4. The molecule has 152 valence electrons. The molecule has 2 N–H and O–H groups in total. The van der Waals surface area contributed by atoms with Crippen LogP contribution >= 0.6 is 0 Å². The van der Waals surface area contributed by atoms with Crippen LogP contribution in [0.25, 0.3) is 22.0 Å². The maximum absolute atomic E-state index is 13.4. The normalized spacial score (nSPS) is 16.6. The molecule has 0 spiro atoms. The Morgan fingerprint density at radius 3 is 2.83 bits per heavy atom. The van der Waals surface area contributed by atoms with E-state index in [1.807, 2.05) is 38.1 Å². The van der Waals surface area contributed by atoms with Crippen LogP contribution < -0.4 is 5.32 Å². The molecule has 3 heterocycles. The Balaban J connectivity index is 1.60. The summed E-state index contributed by atoms with van der Waals surface area (Å²) >= 11 is 0. The van der Waals surface area contributed by atoms with Crippen molar-refractivity contribution in [3.63, 3.8) is 0 Å². The van der Waals surface area contributed by atoms with E-state index in [1.54, 1.807) is 17.3 Å². The lowest BCUT2D eigenvalue weighted by Gasteiger charge is -2.15. The molecule has 1 aliphatic heterocycles. The van der Waals surface area contributed by atoms with Gasteiger partial charge in [-0.05, 0) is 43.2 Å². The van der Waals surface area contributed by atoms with Crippen LogP contribution in [-0.2, 0) is 6.54 Å². The van der Waals surface area contributed by atoms with Crippen LogP contribution in [0.1, 0.15) is 36.3 Å². The molecule has 3 aromatic rings. The minimum atomic E-state index is -2.61. The van der Waals surface area contributed by atoms with Gasteiger partial charge in [-0.3, -0.25) is 19.8 Å². The molecule has 1 aromatic carbocycles. The lowest BCUT2D eigenvalue weighted by molar-refractivity contribution is 0.0115. The predicted octanol–water partition coefficient (Wildman–Crippen LogP) is 3.60. The fraction of sp³-hybridized carbons (Fsp3) is 0.381. The molecule has 0 saturated carbocycles. The summed E-state index contributed by atoms with van der Waals surface area (Å²) in [4.78, 5) is 18.4. The fourth-order valence-electron chi connectivity index (χ4n) is 3.63. The molecule has 0 atom stereocenters.